The second-order valence-electron chi connectivity index (χ2n) is 7.83. The summed E-state index contributed by atoms with van der Waals surface area (Å²) in [4.78, 5) is 22.1. The number of piperidine rings is 2. The maximum Gasteiger partial charge on any atom is 0.158 e. The van der Waals surface area contributed by atoms with Gasteiger partial charge in [0.15, 0.2) is 11.6 Å². The molecule has 0 aliphatic carbocycles. The van der Waals surface area contributed by atoms with Gasteiger partial charge >= 0.3 is 0 Å². The quantitative estimate of drug-likeness (QED) is 0.666. The van der Waals surface area contributed by atoms with Crippen molar-refractivity contribution in [3.05, 3.63) is 0 Å². The first-order valence-electron chi connectivity index (χ1n) is 9.22. The fourth-order valence-electron chi connectivity index (χ4n) is 4.45. The topological polar surface area (TPSA) is 76.7 Å². The molecule has 4 aliphatic rings. The molecule has 4 aliphatic heterocycles. The second kappa shape index (κ2) is 8.04. The van der Waals surface area contributed by atoms with E-state index >= 15 is 0 Å². The summed E-state index contributed by atoms with van der Waals surface area (Å²) in [5, 5.41) is 6.64. The summed E-state index contributed by atoms with van der Waals surface area (Å²) in [6.45, 7) is 8.97. The fourth-order valence-corrected chi connectivity index (χ4v) is 4.45. The molecule has 6 atom stereocenters. The summed E-state index contributed by atoms with van der Waals surface area (Å²) < 4.78 is 11.0. The molecule has 4 rings (SSSR count). The Balaban J connectivity index is 0.000000141. The van der Waals surface area contributed by atoms with E-state index in [1.165, 1.54) is 0 Å². The Morgan fingerprint density at radius 2 is 1.17 bits per heavy atom. The highest BCUT2D eigenvalue weighted by atomic mass is 16.5. The largest absolute Gasteiger partial charge is 0.370 e. The van der Waals surface area contributed by atoms with Gasteiger partial charge in [0.05, 0.1) is 12.2 Å². The van der Waals surface area contributed by atoms with Crippen molar-refractivity contribution in [2.45, 2.75) is 38.9 Å². The van der Waals surface area contributed by atoms with Crippen LogP contribution in [0.3, 0.4) is 0 Å². The Hall–Kier alpha value is -0.820. The summed E-state index contributed by atoms with van der Waals surface area (Å²) in [6, 6.07) is 0. The van der Waals surface area contributed by atoms with Crippen LogP contribution in [-0.2, 0) is 19.1 Å². The van der Waals surface area contributed by atoms with E-state index < -0.39 is 0 Å². The van der Waals surface area contributed by atoms with Crippen LogP contribution in [0.15, 0.2) is 0 Å². The van der Waals surface area contributed by atoms with Crippen LogP contribution in [0, 0.1) is 23.7 Å². The van der Waals surface area contributed by atoms with Gasteiger partial charge < -0.3 is 20.1 Å². The minimum absolute atomic E-state index is 0.257. The molecule has 0 saturated carbocycles. The van der Waals surface area contributed by atoms with Crippen LogP contribution in [-0.4, -0.2) is 63.2 Å². The Morgan fingerprint density at radius 3 is 1.58 bits per heavy atom. The molecule has 6 nitrogen and oxygen atoms in total. The fraction of sp³-hybridized carbons (Fsp3) is 0.889. The number of ketones is 2. The van der Waals surface area contributed by atoms with Crippen LogP contribution in [0.5, 0.6) is 0 Å². The lowest BCUT2D eigenvalue weighted by Gasteiger charge is -2.39. The highest BCUT2D eigenvalue weighted by molar-refractivity contribution is 5.81. The average molecular weight is 338 g/mol. The number of hydrogen-bond acceptors (Lipinski definition) is 6. The zero-order valence-electron chi connectivity index (χ0n) is 14.8. The predicted octanol–water partition coefficient (Wildman–Crippen LogP) is 0.400. The first-order valence-corrected chi connectivity index (χ1v) is 9.22. The van der Waals surface area contributed by atoms with E-state index in [9.17, 15) is 9.59 Å². The SMILES string of the molecule is C[C@@H]1CNC[C@H]2CC(=O)CO[C@H]21.C[C@H]1CNC[C@H]2CC(=O)CO[C@H]21. The van der Waals surface area contributed by atoms with Gasteiger partial charge in [-0.3, -0.25) is 9.59 Å². The molecule has 4 saturated heterocycles. The molecule has 136 valence electrons. The molecule has 6 heteroatoms. The number of hydrogen-bond donors (Lipinski definition) is 2. The van der Waals surface area contributed by atoms with Crippen molar-refractivity contribution in [1.29, 1.82) is 0 Å². The molecule has 0 aromatic rings. The highest BCUT2D eigenvalue weighted by Crippen LogP contribution is 2.27. The summed E-state index contributed by atoms with van der Waals surface area (Å²) in [7, 11) is 0. The first-order chi connectivity index (χ1) is 11.5. The van der Waals surface area contributed by atoms with Gasteiger partial charge in [-0.15, -0.1) is 0 Å². The third kappa shape index (κ3) is 4.23. The Morgan fingerprint density at radius 1 is 0.750 bits per heavy atom. The first kappa shape index (κ1) is 18.0. The van der Waals surface area contributed by atoms with Gasteiger partial charge in [0.25, 0.3) is 0 Å². The van der Waals surface area contributed by atoms with Gasteiger partial charge in [0.2, 0.25) is 0 Å². The second-order valence-corrected chi connectivity index (χ2v) is 7.83. The van der Waals surface area contributed by atoms with Crippen molar-refractivity contribution in [2.75, 3.05) is 39.4 Å². The third-order valence-electron chi connectivity index (χ3n) is 5.65. The summed E-state index contributed by atoms with van der Waals surface area (Å²) >= 11 is 0. The minimum atomic E-state index is 0.257. The molecule has 0 unspecified atom stereocenters. The van der Waals surface area contributed by atoms with Crippen LogP contribution in [0.25, 0.3) is 0 Å². The summed E-state index contributed by atoms with van der Waals surface area (Å²) in [6.07, 6.45) is 2.07. The molecule has 0 spiro atoms. The van der Waals surface area contributed by atoms with Crippen molar-refractivity contribution < 1.29 is 19.1 Å². The number of carbonyl (C=O) groups excluding carboxylic acids is 2. The smallest absolute Gasteiger partial charge is 0.158 e. The summed E-state index contributed by atoms with van der Waals surface area (Å²) in [5.74, 6) is 2.47. The zero-order valence-corrected chi connectivity index (χ0v) is 14.8. The minimum Gasteiger partial charge on any atom is -0.370 e. The van der Waals surface area contributed by atoms with E-state index in [0.717, 1.165) is 26.2 Å². The normalized spacial score (nSPS) is 42.4. The summed E-state index contributed by atoms with van der Waals surface area (Å²) in [5.41, 5.74) is 0. The molecule has 0 bridgehead atoms. The monoisotopic (exact) mass is 338 g/mol. The molecule has 4 heterocycles. The average Bonchev–Trinajstić information content (AvgIpc) is 2.55. The number of ether oxygens (including phenoxy) is 2. The lowest BCUT2D eigenvalue weighted by Crippen LogP contribution is -2.51. The Bertz CT molecular complexity index is 428. The molecule has 4 fully saturated rings. The van der Waals surface area contributed by atoms with Gasteiger partial charge in [-0.05, 0) is 11.8 Å². The van der Waals surface area contributed by atoms with E-state index in [4.69, 9.17) is 9.47 Å². The van der Waals surface area contributed by atoms with Crippen LogP contribution in [0.4, 0.5) is 0 Å². The van der Waals surface area contributed by atoms with Gasteiger partial charge in [0, 0.05) is 50.9 Å². The Kier molecular flexibility index (Phi) is 6.02. The van der Waals surface area contributed by atoms with Crippen molar-refractivity contribution >= 4 is 11.6 Å². The molecule has 24 heavy (non-hydrogen) atoms. The van der Waals surface area contributed by atoms with Crippen LogP contribution >= 0.6 is 0 Å². The molecule has 2 N–H and O–H groups in total. The maximum atomic E-state index is 11.1. The lowest BCUT2D eigenvalue weighted by atomic mass is 9.83. The van der Waals surface area contributed by atoms with E-state index in [1.54, 1.807) is 0 Å². The molecular formula is C18H30N2O4. The lowest BCUT2D eigenvalue weighted by molar-refractivity contribution is -0.142. The van der Waals surface area contributed by atoms with Gasteiger partial charge in [0.1, 0.15) is 13.2 Å². The maximum absolute atomic E-state index is 11.1. The number of rotatable bonds is 0. The molecule has 0 amide bonds. The number of carbonyl (C=O) groups is 2. The van der Waals surface area contributed by atoms with Crippen molar-refractivity contribution in [2.24, 2.45) is 23.7 Å². The van der Waals surface area contributed by atoms with Crippen molar-refractivity contribution in [3.63, 3.8) is 0 Å². The van der Waals surface area contributed by atoms with Gasteiger partial charge in [-0.25, -0.2) is 0 Å². The van der Waals surface area contributed by atoms with Crippen LogP contribution in [0.1, 0.15) is 26.7 Å². The van der Waals surface area contributed by atoms with Gasteiger partial charge in [-0.2, -0.15) is 0 Å². The number of fused-ring (bicyclic) bond motifs is 2. The van der Waals surface area contributed by atoms with Gasteiger partial charge in [-0.1, -0.05) is 13.8 Å². The van der Waals surface area contributed by atoms with E-state index in [0.29, 0.717) is 61.9 Å². The van der Waals surface area contributed by atoms with Crippen molar-refractivity contribution in [1.82, 2.24) is 10.6 Å². The molecular weight excluding hydrogens is 308 g/mol. The predicted molar refractivity (Wildman–Crippen MR) is 89.8 cm³/mol. The van der Waals surface area contributed by atoms with E-state index in [-0.39, 0.29) is 11.6 Å². The highest BCUT2D eigenvalue weighted by Gasteiger charge is 2.37. The zero-order chi connectivity index (χ0) is 17.1. The third-order valence-corrected chi connectivity index (χ3v) is 5.65. The van der Waals surface area contributed by atoms with E-state index in [1.807, 2.05) is 0 Å². The van der Waals surface area contributed by atoms with Crippen molar-refractivity contribution in [3.8, 4) is 0 Å². The number of Topliss-reactive ketones (excluding diaryl/α,β-unsaturated/α-hetero) is 2. The van der Waals surface area contributed by atoms with Crippen LogP contribution < -0.4 is 10.6 Å². The van der Waals surface area contributed by atoms with E-state index in [2.05, 4.69) is 24.5 Å². The molecule has 0 radical (unpaired) electrons. The Labute approximate surface area is 144 Å². The standard InChI is InChI=1S/2C9H15NO2/c2*1-6-3-10-4-7-2-8(11)5-12-9(6)7/h2*6-7,9-10H,2-5H2,1H3/t6-,7+,9-;6-,7-,9+/m01/s1. The van der Waals surface area contributed by atoms with Crippen LogP contribution in [0.2, 0.25) is 0 Å². The molecule has 0 aromatic heterocycles. The number of nitrogens with one attached hydrogen (secondary N) is 2. The molecule has 0 aromatic carbocycles.